The minimum Gasteiger partial charge on any atom is -0.354 e. The number of hydrogen-bond donors (Lipinski definition) is 2. The highest BCUT2D eigenvalue weighted by molar-refractivity contribution is 5.80. The van der Waals surface area contributed by atoms with Crippen LogP contribution in [0, 0.1) is 57.7 Å². The topological polar surface area (TPSA) is 167 Å². The van der Waals surface area contributed by atoms with Crippen molar-refractivity contribution in [3.63, 3.8) is 0 Å². The number of piperidine rings is 1. The number of nitriles is 2. The molecule has 0 bridgehead atoms. The predicted molar refractivity (Wildman–Crippen MR) is 246 cm³/mol. The van der Waals surface area contributed by atoms with E-state index in [1.54, 1.807) is 41.5 Å². The fourth-order valence-electron chi connectivity index (χ4n) is 4.72. The van der Waals surface area contributed by atoms with Crippen LogP contribution in [-0.2, 0) is 24.0 Å². The molecule has 59 heavy (non-hydrogen) atoms. The summed E-state index contributed by atoms with van der Waals surface area (Å²) in [6, 6.07) is 4.12. The molecule has 0 saturated carbocycles. The lowest BCUT2D eigenvalue weighted by Crippen LogP contribution is -2.44. The van der Waals surface area contributed by atoms with E-state index < -0.39 is 11.0 Å². The van der Waals surface area contributed by atoms with Crippen molar-refractivity contribution >= 4 is 29.5 Å². The number of likely N-dealkylation sites (tertiary alicyclic amines) is 3. The minimum absolute atomic E-state index is 0.00155. The maximum Gasteiger partial charge on any atom is 0.225 e. The fourth-order valence-corrected chi connectivity index (χ4v) is 4.72. The summed E-state index contributed by atoms with van der Waals surface area (Å²) in [6.45, 7) is 44.3. The molecule has 0 aromatic carbocycles. The van der Waals surface area contributed by atoms with Crippen molar-refractivity contribution in [2.75, 3.05) is 45.8 Å². The van der Waals surface area contributed by atoms with Crippen LogP contribution in [-0.4, -0.2) is 95.6 Å². The highest BCUT2D eigenvalue weighted by atomic mass is 16.2. The van der Waals surface area contributed by atoms with Crippen LogP contribution in [0.15, 0.2) is 0 Å². The zero-order chi connectivity index (χ0) is 47.5. The molecular weight excluding hydrogens is 743 g/mol. The zero-order valence-electron chi connectivity index (χ0n) is 41.9. The molecule has 0 aromatic heterocycles. The van der Waals surface area contributed by atoms with Crippen molar-refractivity contribution in [2.24, 2.45) is 35.0 Å². The van der Waals surface area contributed by atoms with Crippen molar-refractivity contribution in [3.8, 4) is 12.1 Å². The van der Waals surface area contributed by atoms with Gasteiger partial charge >= 0.3 is 0 Å². The summed E-state index contributed by atoms with van der Waals surface area (Å²) in [5.41, 5.74) is -1.22. The fraction of sp³-hybridized carbons (Fsp3) is 0.851. The second-order valence-corrected chi connectivity index (χ2v) is 16.8. The summed E-state index contributed by atoms with van der Waals surface area (Å²) < 4.78 is 0. The van der Waals surface area contributed by atoms with Crippen LogP contribution in [0.25, 0.3) is 0 Å². The summed E-state index contributed by atoms with van der Waals surface area (Å²) in [5.74, 6) is 1.32. The molecule has 3 saturated heterocycles. The van der Waals surface area contributed by atoms with E-state index in [0.29, 0.717) is 24.3 Å². The number of nitrogens with zero attached hydrogens (tertiary/aromatic N) is 5. The smallest absolute Gasteiger partial charge is 0.225 e. The van der Waals surface area contributed by atoms with Gasteiger partial charge in [-0.3, -0.25) is 24.0 Å². The van der Waals surface area contributed by atoms with Gasteiger partial charge in [-0.25, -0.2) is 0 Å². The summed E-state index contributed by atoms with van der Waals surface area (Å²) in [4.78, 5) is 61.8. The number of carbonyl (C=O) groups is 5. The lowest BCUT2D eigenvalue weighted by atomic mass is 9.96. The molecule has 3 heterocycles. The maximum atomic E-state index is 11.4. The largest absolute Gasteiger partial charge is 0.354 e. The summed E-state index contributed by atoms with van der Waals surface area (Å²) >= 11 is 0. The number of amides is 5. The van der Waals surface area contributed by atoms with E-state index in [0.717, 1.165) is 39.3 Å². The highest BCUT2D eigenvalue weighted by Crippen LogP contribution is 2.13. The van der Waals surface area contributed by atoms with E-state index >= 15 is 0 Å². The average molecular weight is 836 g/mol. The normalized spacial score (nSPS) is 14.0. The van der Waals surface area contributed by atoms with Gasteiger partial charge in [0.05, 0.1) is 17.6 Å². The number of rotatable bonds is 8. The molecule has 3 aliphatic heterocycles. The third-order valence-corrected chi connectivity index (χ3v) is 8.51. The average Bonchev–Trinajstić information content (AvgIpc) is 3.74. The standard InChI is InChI=1S/C9H16N2O.C9H17NO.C8H14N2O.C8H15NO.C7H13NO.3C2H6/c1-7(2)8(12)11-6-9(3,4)5-10;1-8(2)9(11)10-6-4-3-5-7-10;1-6(2)7(11)10-8(3,4)5-9;1-7(2)8(10)9-5-3-4-6-9;1-6(2)7(9)8-4-3-5-8;3*1-2/h7H,6H2,1-4H3,(H,11,12);8H,3-7H2,1-2H3;6H,1-4H3,(H,10,11);7H,3-6H2,1-2H3;6H,3-5H2,1-2H3;3*1-2H3. The Hall–Kier alpha value is -3.67. The molecule has 3 aliphatic rings. The molecule has 0 aromatic rings. The first-order chi connectivity index (χ1) is 27.4. The van der Waals surface area contributed by atoms with Crippen LogP contribution in [0.1, 0.15) is 177 Å². The molecule has 0 atom stereocenters. The lowest BCUT2D eigenvalue weighted by molar-refractivity contribution is -0.138. The Kier molecular flexibility index (Phi) is 40.8. The van der Waals surface area contributed by atoms with Crippen molar-refractivity contribution in [3.05, 3.63) is 0 Å². The summed E-state index contributed by atoms with van der Waals surface area (Å²) in [7, 11) is 0. The molecule has 5 amide bonds. The Morgan fingerprint density at radius 2 is 0.763 bits per heavy atom. The molecule has 0 radical (unpaired) electrons. The Morgan fingerprint density at radius 3 is 0.983 bits per heavy atom. The Balaban J connectivity index is -0.000000199. The Morgan fingerprint density at radius 1 is 0.475 bits per heavy atom. The molecule has 346 valence electrons. The SMILES string of the molecule is CC.CC.CC.CC(C)C(=O)N1CCC1.CC(C)C(=O)N1CCCC1.CC(C)C(=O)N1CCCCC1.CC(C)C(=O)NC(C)(C)C#N.CC(C)C(=O)NCC(C)(C)C#N. The third-order valence-electron chi connectivity index (χ3n) is 8.51. The van der Waals surface area contributed by atoms with Crippen LogP contribution in [0.4, 0.5) is 0 Å². The van der Waals surface area contributed by atoms with Crippen LogP contribution in [0.5, 0.6) is 0 Å². The van der Waals surface area contributed by atoms with Gasteiger partial charge in [0.1, 0.15) is 5.54 Å². The molecule has 2 N–H and O–H groups in total. The molecule has 3 rings (SSSR count). The maximum absolute atomic E-state index is 11.4. The van der Waals surface area contributed by atoms with Gasteiger partial charge in [-0.1, -0.05) is 111 Å². The molecule has 0 spiro atoms. The minimum atomic E-state index is -0.749. The van der Waals surface area contributed by atoms with Crippen LogP contribution in [0.2, 0.25) is 0 Å². The van der Waals surface area contributed by atoms with Gasteiger partial charge in [0.2, 0.25) is 29.5 Å². The van der Waals surface area contributed by atoms with Crippen molar-refractivity contribution < 1.29 is 24.0 Å². The first kappa shape index (κ1) is 64.5. The molecule has 0 aliphatic carbocycles. The van der Waals surface area contributed by atoms with Gasteiger partial charge in [-0.2, -0.15) is 10.5 Å². The highest BCUT2D eigenvalue weighted by Gasteiger charge is 2.23. The lowest BCUT2D eigenvalue weighted by Gasteiger charge is -2.32. The molecule has 12 heteroatoms. The van der Waals surface area contributed by atoms with Crippen LogP contribution in [0.3, 0.4) is 0 Å². The van der Waals surface area contributed by atoms with Crippen molar-refractivity contribution in [1.29, 1.82) is 10.5 Å². The monoisotopic (exact) mass is 836 g/mol. The first-order valence-corrected chi connectivity index (χ1v) is 22.7. The summed E-state index contributed by atoms with van der Waals surface area (Å²) in [5, 5.41) is 22.5. The van der Waals surface area contributed by atoms with Gasteiger partial charge in [0.25, 0.3) is 0 Å². The van der Waals surface area contributed by atoms with Gasteiger partial charge in [-0.15, -0.1) is 0 Å². The number of hydrogen-bond acceptors (Lipinski definition) is 7. The Labute approximate surface area is 364 Å². The third kappa shape index (κ3) is 33.8. The van der Waals surface area contributed by atoms with Crippen LogP contribution < -0.4 is 10.6 Å². The second-order valence-electron chi connectivity index (χ2n) is 16.8. The van der Waals surface area contributed by atoms with Gasteiger partial charge < -0.3 is 25.3 Å². The van der Waals surface area contributed by atoms with E-state index in [9.17, 15) is 24.0 Å². The number of nitrogens with one attached hydrogen (secondary N) is 2. The van der Waals surface area contributed by atoms with Crippen molar-refractivity contribution in [1.82, 2.24) is 25.3 Å². The van der Waals surface area contributed by atoms with Gasteiger partial charge in [0, 0.05) is 75.4 Å². The quantitative estimate of drug-likeness (QED) is 0.246. The number of carbonyl (C=O) groups excluding carboxylic acids is 5. The second kappa shape index (κ2) is 37.3. The van der Waals surface area contributed by atoms with Gasteiger partial charge in [-0.05, 0) is 66.2 Å². The van der Waals surface area contributed by atoms with E-state index in [-0.39, 0.29) is 41.4 Å². The van der Waals surface area contributed by atoms with Crippen LogP contribution >= 0.6 is 0 Å². The molecular formula is C47H93N7O5. The molecule has 3 fully saturated rings. The zero-order valence-corrected chi connectivity index (χ0v) is 41.9. The van der Waals surface area contributed by atoms with Gasteiger partial charge in [0.15, 0.2) is 0 Å². The van der Waals surface area contributed by atoms with E-state index in [4.69, 9.17) is 10.5 Å². The van der Waals surface area contributed by atoms with E-state index in [1.807, 2.05) is 118 Å². The molecule has 12 nitrogen and oxygen atoms in total. The summed E-state index contributed by atoms with van der Waals surface area (Å²) in [6.07, 6.45) is 7.26. The van der Waals surface area contributed by atoms with Crippen molar-refractivity contribution in [2.45, 2.75) is 183 Å². The van der Waals surface area contributed by atoms with E-state index in [1.165, 1.54) is 38.5 Å². The first-order valence-electron chi connectivity index (χ1n) is 22.7. The molecule has 0 unspecified atom stereocenters. The predicted octanol–water partition coefficient (Wildman–Crippen LogP) is 9.24. The Bertz CT molecular complexity index is 1200. The van der Waals surface area contributed by atoms with E-state index in [2.05, 4.69) is 16.7 Å².